The van der Waals surface area contributed by atoms with Gasteiger partial charge in [0.25, 0.3) is 0 Å². The van der Waals surface area contributed by atoms with E-state index in [0.717, 1.165) is 33.9 Å². The van der Waals surface area contributed by atoms with Gasteiger partial charge < -0.3 is 10.6 Å². The number of urea groups is 1. The van der Waals surface area contributed by atoms with Gasteiger partial charge in [0.05, 0.1) is 5.69 Å². The van der Waals surface area contributed by atoms with E-state index in [9.17, 15) is 4.79 Å². The summed E-state index contributed by atoms with van der Waals surface area (Å²) in [5.41, 5.74) is 6.01. The van der Waals surface area contributed by atoms with Crippen molar-refractivity contribution in [2.24, 2.45) is 0 Å². The molecule has 0 spiro atoms. The van der Waals surface area contributed by atoms with E-state index in [1.54, 1.807) is 4.52 Å². The Balaban J connectivity index is 1.54. The van der Waals surface area contributed by atoms with Crippen molar-refractivity contribution in [1.82, 2.24) is 19.8 Å². The van der Waals surface area contributed by atoms with Gasteiger partial charge in [0.2, 0.25) is 0 Å². The molecule has 4 rings (SSSR count). The first-order chi connectivity index (χ1) is 13.5. The van der Waals surface area contributed by atoms with Gasteiger partial charge in [-0.3, -0.25) is 0 Å². The lowest BCUT2D eigenvalue weighted by molar-refractivity contribution is 0.262. The van der Waals surface area contributed by atoms with E-state index < -0.39 is 0 Å². The van der Waals surface area contributed by atoms with E-state index in [1.165, 1.54) is 0 Å². The Morgan fingerprint density at radius 1 is 0.857 bits per heavy atom. The lowest BCUT2D eigenvalue weighted by Crippen LogP contribution is -2.19. The lowest BCUT2D eigenvalue weighted by atomic mass is 10.1. The molecule has 0 saturated carbocycles. The Labute approximate surface area is 162 Å². The minimum absolute atomic E-state index is 0.291. The maximum atomic E-state index is 12.4. The quantitative estimate of drug-likeness (QED) is 0.560. The maximum absolute atomic E-state index is 12.4. The average Bonchev–Trinajstić information content (AvgIpc) is 3.01. The number of hydrogen-bond donors (Lipinski definition) is 2. The molecule has 0 unspecified atom stereocenters. The number of aromatic nitrogens is 4. The van der Waals surface area contributed by atoms with Gasteiger partial charge in [-0.15, -0.1) is 10.2 Å². The summed E-state index contributed by atoms with van der Waals surface area (Å²) in [6, 6.07) is 16.9. The van der Waals surface area contributed by atoms with Crippen LogP contribution in [0.5, 0.6) is 0 Å². The fraction of sp³-hybridized carbons (Fsp3) is 0.143. The summed E-state index contributed by atoms with van der Waals surface area (Å²) in [4.78, 5) is 12.4. The molecule has 0 atom stereocenters. The van der Waals surface area contributed by atoms with Crippen molar-refractivity contribution in [3.8, 4) is 11.3 Å². The Hall–Kier alpha value is -3.74. The lowest BCUT2D eigenvalue weighted by Gasteiger charge is -2.10. The summed E-state index contributed by atoms with van der Waals surface area (Å²) in [5.74, 6) is 0.721. The zero-order valence-corrected chi connectivity index (χ0v) is 15.9. The number of carbonyl (C=O) groups is 1. The number of anilines is 2. The summed E-state index contributed by atoms with van der Waals surface area (Å²) in [6.07, 6.45) is 0. The molecule has 7 heteroatoms. The van der Waals surface area contributed by atoms with Crippen molar-refractivity contribution in [3.63, 3.8) is 0 Å². The van der Waals surface area contributed by atoms with Gasteiger partial charge in [-0.2, -0.15) is 9.61 Å². The molecule has 2 N–H and O–H groups in total. The van der Waals surface area contributed by atoms with Gasteiger partial charge in [0.1, 0.15) is 0 Å². The first kappa shape index (κ1) is 17.7. The summed E-state index contributed by atoms with van der Waals surface area (Å²) in [6.45, 7) is 5.86. The normalized spacial score (nSPS) is 10.8. The number of fused-ring (bicyclic) bond motifs is 1. The smallest absolute Gasteiger partial charge is 0.308 e. The Morgan fingerprint density at radius 3 is 2.39 bits per heavy atom. The maximum Gasteiger partial charge on any atom is 0.323 e. The summed E-state index contributed by atoms with van der Waals surface area (Å²) >= 11 is 0. The molecule has 2 aromatic heterocycles. The SMILES string of the molecule is Cc1cc(C)cc(NC(=O)Nc2cccc(-c3ccc4nnc(C)n4n3)c2)c1. The fourth-order valence-electron chi connectivity index (χ4n) is 3.15. The molecule has 2 heterocycles. The van der Waals surface area contributed by atoms with Crippen molar-refractivity contribution in [2.45, 2.75) is 20.8 Å². The van der Waals surface area contributed by atoms with Gasteiger partial charge in [-0.1, -0.05) is 18.2 Å². The minimum Gasteiger partial charge on any atom is -0.308 e. The second-order valence-corrected chi connectivity index (χ2v) is 6.77. The molecule has 0 aliphatic carbocycles. The van der Waals surface area contributed by atoms with Crippen LogP contribution in [0.3, 0.4) is 0 Å². The number of amides is 2. The van der Waals surface area contributed by atoms with Gasteiger partial charge in [0.15, 0.2) is 11.5 Å². The molecule has 7 nitrogen and oxygen atoms in total. The van der Waals surface area contributed by atoms with Gasteiger partial charge in [-0.05, 0) is 68.3 Å². The minimum atomic E-state index is -0.291. The first-order valence-corrected chi connectivity index (χ1v) is 8.94. The largest absolute Gasteiger partial charge is 0.323 e. The highest BCUT2D eigenvalue weighted by atomic mass is 16.2. The zero-order valence-electron chi connectivity index (χ0n) is 15.9. The van der Waals surface area contributed by atoms with Crippen LogP contribution in [-0.4, -0.2) is 25.8 Å². The Morgan fingerprint density at radius 2 is 1.61 bits per heavy atom. The number of nitrogens with one attached hydrogen (secondary N) is 2. The average molecular weight is 372 g/mol. The monoisotopic (exact) mass is 372 g/mol. The van der Waals surface area contributed by atoms with Gasteiger partial charge in [0, 0.05) is 16.9 Å². The van der Waals surface area contributed by atoms with E-state index in [0.29, 0.717) is 11.3 Å². The topological polar surface area (TPSA) is 84.2 Å². The van der Waals surface area contributed by atoms with Crippen molar-refractivity contribution in [1.29, 1.82) is 0 Å². The fourth-order valence-corrected chi connectivity index (χ4v) is 3.15. The van der Waals surface area contributed by atoms with E-state index in [-0.39, 0.29) is 6.03 Å². The molecule has 4 aromatic rings. The number of nitrogens with zero attached hydrogens (tertiary/aromatic N) is 4. The molecule has 2 amide bonds. The summed E-state index contributed by atoms with van der Waals surface area (Å²) < 4.78 is 1.70. The number of hydrogen-bond acceptors (Lipinski definition) is 4. The standard InChI is InChI=1S/C21H20N6O/c1-13-9-14(2)11-18(10-13)23-21(28)22-17-6-4-5-16(12-17)19-7-8-20-25-24-15(3)27(20)26-19/h4-12H,1-3H3,(H2,22,23,28). The number of rotatable bonds is 3. The van der Waals surface area contributed by atoms with Crippen LogP contribution in [0.15, 0.2) is 54.6 Å². The van der Waals surface area contributed by atoms with Crippen molar-refractivity contribution < 1.29 is 4.79 Å². The van der Waals surface area contributed by atoms with Gasteiger partial charge in [-0.25, -0.2) is 4.79 Å². The molecular weight excluding hydrogens is 352 g/mol. The molecule has 0 bridgehead atoms. The molecule has 0 aliphatic heterocycles. The van der Waals surface area contributed by atoms with Crippen LogP contribution in [0, 0.1) is 20.8 Å². The Kier molecular flexibility index (Phi) is 4.49. The molecule has 0 saturated heterocycles. The molecule has 0 fully saturated rings. The number of benzene rings is 2. The predicted molar refractivity (Wildman–Crippen MR) is 110 cm³/mol. The summed E-state index contributed by atoms with van der Waals surface area (Å²) in [5, 5.41) is 18.4. The third kappa shape index (κ3) is 3.68. The molecule has 0 radical (unpaired) electrons. The second kappa shape index (κ2) is 7.11. The van der Waals surface area contributed by atoms with Crippen LogP contribution < -0.4 is 10.6 Å². The molecule has 0 aliphatic rings. The molecule has 2 aromatic carbocycles. The molecule has 140 valence electrons. The predicted octanol–water partition coefficient (Wildman–Crippen LogP) is 4.36. The summed E-state index contributed by atoms with van der Waals surface area (Å²) in [7, 11) is 0. The van der Waals surface area contributed by atoms with E-state index in [4.69, 9.17) is 0 Å². The molecule has 28 heavy (non-hydrogen) atoms. The third-order valence-corrected chi connectivity index (χ3v) is 4.31. The second-order valence-electron chi connectivity index (χ2n) is 6.77. The highest BCUT2D eigenvalue weighted by Gasteiger charge is 2.08. The van der Waals surface area contributed by atoms with Crippen molar-refractivity contribution >= 4 is 23.1 Å². The molecular formula is C21H20N6O. The third-order valence-electron chi connectivity index (χ3n) is 4.31. The van der Waals surface area contributed by atoms with Crippen molar-refractivity contribution in [3.05, 3.63) is 71.5 Å². The van der Waals surface area contributed by atoms with Crippen LogP contribution in [0.1, 0.15) is 17.0 Å². The van der Waals surface area contributed by atoms with Gasteiger partial charge >= 0.3 is 6.03 Å². The van der Waals surface area contributed by atoms with Crippen LogP contribution in [0.25, 0.3) is 16.9 Å². The Bertz CT molecular complexity index is 1160. The highest BCUT2D eigenvalue weighted by molar-refractivity contribution is 6.00. The van der Waals surface area contributed by atoms with Crippen LogP contribution in [0.4, 0.5) is 16.2 Å². The van der Waals surface area contributed by atoms with E-state index in [1.807, 2.05) is 69.3 Å². The van der Waals surface area contributed by atoms with Crippen LogP contribution in [-0.2, 0) is 0 Å². The zero-order chi connectivity index (χ0) is 19.7. The number of aryl methyl sites for hydroxylation is 3. The van der Waals surface area contributed by atoms with Crippen LogP contribution in [0.2, 0.25) is 0 Å². The first-order valence-electron chi connectivity index (χ1n) is 8.94. The van der Waals surface area contributed by atoms with Crippen molar-refractivity contribution in [2.75, 3.05) is 10.6 Å². The number of carbonyl (C=O) groups excluding carboxylic acids is 1. The highest BCUT2D eigenvalue weighted by Crippen LogP contribution is 2.22. The van der Waals surface area contributed by atoms with E-state index >= 15 is 0 Å². The van der Waals surface area contributed by atoms with E-state index in [2.05, 4.69) is 32.0 Å². The van der Waals surface area contributed by atoms with Crippen LogP contribution >= 0.6 is 0 Å².